The Balaban J connectivity index is 2.48. The fourth-order valence-electron chi connectivity index (χ4n) is 1.53. The summed E-state index contributed by atoms with van der Waals surface area (Å²) in [5, 5.41) is 11.5. The highest BCUT2D eigenvalue weighted by Gasteiger charge is 2.39. The van der Waals surface area contributed by atoms with E-state index in [9.17, 15) is 8.42 Å². The second-order valence-electron chi connectivity index (χ2n) is 3.89. The molecule has 1 rings (SSSR count). The number of aliphatic hydroxyl groups is 1. The molecular formula is C8H15NO4S2. The Bertz CT molecular complexity index is 341. The van der Waals surface area contributed by atoms with Gasteiger partial charge in [0.25, 0.3) is 5.17 Å². The first-order chi connectivity index (χ1) is 6.87. The van der Waals surface area contributed by atoms with Gasteiger partial charge in [-0.25, -0.2) is 8.42 Å². The Kier molecular flexibility index (Phi) is 3.91. The Morgan fingerprint density at radius 3 is 2.80 bits per heavy atom. The van der Waals surface area contributed by atoms with Gasteiger partial charge in [0.2, 0.25) is 0 Å². The first-order valence-electron chi connectivity index (χ1n) is 4.63. The van der Waals surface area contributed by atoms with E-state index in [1.165, 1.54) is 0 Å². The molecule has 0 amide bonds. The second-order valence-corrected chi connectivity index (χ2v) is 6.44. The van der Waals surface area contributed by atoms with Gasteiger partial charge in [0.1, 0.15) is 6.61 Å². The number of aliphatic hydroxyl groups excluding tert-OH is 1. The molecule has 1 aliphatic heterocycles. The van der Waals surface area contributed by atoms with Crippen LogP contribution >= 0.6 is 12.2 Å². The van der Waals surface area contributed by atoms with Gasteiger partial charge in [-0.3, -0.25) is 0 Å². The molecule has 0 aliphatic carbocycles. The fourth-order valence-corrected chi connectivity index (χ4v) is 3.95. The average Bonchev–Trinajstić information content (AvgIpc) is 2.37. The number of nitrogens with one attached hydrogen (secondary N) is 1. The molecule has 1 heterocycles. The van der Waals surface area contributed by atoms with Crippen molar-refractivity contribution in [1.29, 1.82) is 0 Å². The van der Waals surface area contributed by atoms with Crippen molar-refractivity contribution in [1.82, 2.24) is 5.32 Å². The normalized spacial score (nSPS) is 28.7. The second kappa shape index (κ2) is 4.63. The van der Waals surface area contributed by atoms with Gasteiger partial charge in [-0.2, -0.15) is 0 Å². The third kappa shape index (κ3) is 3.92. The molecule has 1 aliphatic rings. The SMILES string of the molecule is C[C@]1(NC(=S)OCCO)CCS(=O)(=O)C1. The Labute approximate surface area is 94.7 Å². The average molecular weight is 253 g/mol. The number of thiocarbonyl (C=S) groups is 1. The summed E-state index contributed by atoms with van der Waals surface area (Å²) in [6.45, 7) is 1.80. The van der Waals surface area contributed by atoms with Crippen LogP contribution in [0.25, 0.3) is 0 Å². The van der Waals surface area contributed by atoms with Crippen molar-refractivity contribution in [3.05, 3.63) is 0 Å². The summed E-state index contributed by atoms with van der Waals surface area (Å²) in [5.41, 5.74) is -0.536. The number of rotatable bonds is 3. The van der Waals surface area contributed by atoms with Gasteiger partial charge in [0.15, 0.2) is 9.84 Å². The van der Waals surface area contributed by atoms with Crippen molar-refractivity contribution < 1.29 is 18.3 Å². The molecule has 0 aromatic carbocycles. The molecule has 1 saturated heterocycles. The maximum absolute atomic E-state index is 11.3. The molecule has 7 heteroatoms. The van der Waals surface area contributed by atoms with E-state index in [1.54, 1.807) is 6.92 Å². The zero-order valence-electron chi connectivity index (χ0n) is 8.52. The van der Waals surface area contributed by atoms with Crippen molar-refractivity contribution in [3.63, 3.8) is 0 Å². The summed E-state index contributed by atoms with van der Waals surface area (Å²) in [6.07, 6.45) is 0.526. The highest BCUT2D eigenvalue weighted by Crippen LogP contribution is 2.22. The van der Waals surface area contributed by atoms with Gasteiger partial charge in [0.05, 0.1) is 23.7 Å². The largest absolute Gasteiger partial charge is 0.469 e. The van der Waals surface area contributed by atoms with Crippen LogP contribution in [0.3, 0.4) is 0 Å². The van der Waals surface area contributed by atoms with Crippen molar-refractivity contribution in [3.8, 4) is 0 Å². The van der Waals surface area contributed by atoms with E-state index in [4.69, 9.17) is 22.1 Å². The standard InChI is InChI=1S/C8H15NO4S2/c1-8(2-5-15(11,12)6-8)9-7(14)13-4-3-10/h10H,2-6H2,1H3,(H,9,14)/t8-/m0/s1. The summed E-state index contributed by atoms with van der Waals surface area (Å²) < 4.78 is 27.5. The molecule has 1 atom stereocenters. The highest BCUT2D eigenvalue weighted by atomic mass is 32.2. The minimum Gasteiger partial charge on any atom is -0.469 e. The highest BCUT2D eigenvalue weighted by molar-refractivity contribution is 7.91. The predicted molar refractivity (Wildman–Crippen MR) is 60.4 cm³/mol. The molecule has 0 aromatic heterocycles. The van der Waals surface area contributed by atoms with Crippen LogP contribution in [0.15, 0.2) is 0 Å². The summed E-state index contributed by atoms with van der Waals surface area (Å²) in [4.78, 5) is 0. The Hall–Kier alpha value is -0.400. The van der Waals surface area contributed by atoms with Crippen LogP contribution in [0.1, 0.15) is 13.3 Å². The van der Waals surface area contributed by atoms with Gasteiger partial charge >= 0.3 is 0 Å². The lowest BCUT2D eigenvalue weighted by molar-refractivity contribution is 0.187. The third-order valence-electron chi connectivity index (χ3n) is 2.23. The van der Waals surface area contributed by atoms with Gasteiger partial charge in [-0.1, -0.05) is 0 Å². The minimum atomic E-state index is -2.95. The smallest absolute Gasteiger partial charge is 0.257 e. The molecule has 0 aromatic rings. The third-order valence-corrected chi connectivity index (χ3v) is 4.35. The first kappa shape index (κ1) is 12.7. The molecule has 1 fully saturated rings. The fraction of sp³-hybridized carbons (Fsp3) is 0.875. The summed E-state index contributed by atoms with van der Waals surface area (Å²) >= 11 is 4.86. The molecule has 0 spiro atoms. The summed E-state index contributed by atoms with van der Waals surface area (Å²) in [7, 11) is -2.95. The van der Waals surface area contributed by atoms with E-state index >= 15 is 0 Å². The van der Waals surface area contributed by atoms with E-state index in [0.717, 1.165) is 0 Å². The summed E-state index contributed by atoms with van der Waals surface area (Å²) in [5.74, 6) is 0.252. The van der Waals surface area contributed by atoms with Gasteiger partial charge in [0, 0.05) is 0 Å². The lowest BCUT2D eigenvalue weighted by atomic mass is 10.0. The number of sulfone groups is 1. The molecule has 88 valence electrons. The van der Waals surface area contributed by atoms with Crippen molar-refractivity contribution in [2.75, 3.05) is 24.7 Å². The topological polar surface area (TPSA) is 75.6 Å². The van der Waals surface area contributed by atoms with E-state index in [0.29, 0.717) is 6.42 Å². The van der Waals surface area contributed by atoms with Crippen LogP contribution in [0.4, 0.5) is 0 Å². The van der Waals surface area contributed by atoms with Crippen LogP contribution in [-0.4, -0.2) is 49.0 Å². The number of hydrogen-bond acceptors (Lipinski definition) is 5. The zero-order valence-corrected chi connectivity index (χ0v) is 10.2. The molecule has 0 bridgehead atoms. The lowest BCUT2D eigenvalue weighted by Crippen LogP contribution is -2.47. The monoisotopic (exact) mass is 253 g/mol. The van der Waals surface area contributed by atoms with Crippen LogP contribution in [0, 0.1) is 0 Å². The molecule has 2 N–H and O–H groups in total. The molecule has 0 unspecified atom stereocenters. The summed E-state index contributed by atoms with van der Waals surface area (Å²) in [6, 6.07) is 0. The number of ether oxygens (including phenoxy) is 1. The van der Waals surface area contributed by atoms with Gasteiger partial charge in [-0.15, -0.1) is 0 Å². The van der Waals surface area contributed by atoms with E-state index in [-0.39, 0.29) is 29.9 Å². The molecule has 15 heavy (non-hydrogen) atoms. The van der Waals surface area contributed by atoms with E-state index in [1.807, 2.05) is 0 Å². The van der Waals surface area contributed by atoms with Gasteiger partial charge in [-0.05, 0) is 25.6 Å². The maximum Gasteiger partial charge on any atom is 0.257 e. The quantitative estimate of drug-likeness (QED) is 0.657. The van der Waals surface area contributed by atoms with Crippen LogP contribution in [0.5, 0.6) is 0 Å². The lowest BCUT2D eigenvalue weighted by Gasteiger charge is -2.24. The van der Waals surface area contributed by atoms with Crippen molar-refractivity contribution in [2.45, 2.75) is 18.9 Å². The molecule has 0 radical (unpaired) electrons. The zero-order chi connectivity index (χ0) is 11.5. The molecular weight excluding hydrogens is 238 g/mol. The Morgan fingerprint density at radius 1 is 1.67 bits per heavy atom. The maximum atomic E-state index is 11.3. The van der Waals surface area contributed by atoms with E-state index in [2.05, 4.69) is 5.32 Å². The van der Waals surface area contributed by atoms with Crippen molar-refractivity contribution >= 4 is 27.2 Å². The van der Waals surface area contributed by atoms with Crippen LogP contribution in [-0.2, 0) is 14.6 Å². The first-order valence-corrected chi connectivity index (χ1v) is 6.86. The predicted octanol–water partition coefficient (Wildman–Crippen LogP) is -0.553. The minimum absolute atomic E-state index is 0.0720. The Morgan fingerprint density at radius 2 is 2.33 bits per heavy atom. The molecule has 5 nitrogen and oxygen atoms in total. The van der Waals surface area contributed by atoms with Crippen LogP contribution in [0.2, 0.25) is 0 Å². The van der Waals surface area contributed by atoms with Crippen LogP contribution < -0.4 is 5.32 Å². The van der Waals surface area contributed by atoms with Gasteiger partial charge < -0.3 is 15.2 Å². The van der Waals surface area contributed by atoms with E-state index < -0.39 is 15.4 Å². The van der Waals surface area contributed by atoms with Crippen molar-refractivity contribution in [2.24, 2.45) is 0 Å². The molecule has 0 saturated carbocycles. The number of hydrogen-bond donors (Lipinski definition) is 2.